The first kappa shape index (κ1) is 18.3. The van der Waals surface area contributed by atoms with Gasteiger partial charge in [-0.3, -0.25) is 0 Å². The van der Waals surface area contributed by atoms with E-state index in [1.807, 2.05) is 19.1 Å². The van der Waals surface area contributed by atoms with Crippen LogP contribution in [0.4, 0.5) is 0 Å². The number of nitrogens with zero attached hydrogens (tertiary/aromatic N) is 1. The van der Waals surface area contributed by atoms with Crippen molar-refractivity contribution < 1.29 is 13.2 Å². The second-order valence-corrected chi connectivity index (χ2v) is 5.56. The van der Waals surface area contributed by atoms with Gasteiger partial charge < -0.3 is 9.04 Å². The Morgan fingerprint density at radius 3 is 1.63 bits per heavy atom. The van der Waals surface area contributed by atoms with Gasteiger partial charge in [-0.2, -0.15) is 0 Å². The van der Waals surface area contributed by atoms with Crippen LogP contribution in [0.3, 0.4) is 0 Å². The predicted octanol–water partition coefficient (Wildman–Crippen LogP) is 3.46. The molecule has 1 aromatic carbocycles. The number of aryl methyl sites for hydroxylation is 1. The maximum absolute atomic E-state index is 10.5. The Morgan fingerprint density at radius 2 is 1.42 bits per heavy atom. The number of rotatable bonds is 5. The average molecular weight is 286 g/mol. The Balaban J connectivity index is 0.000000344. The van der Waals surface area contributed by atoms with Gasteiger partial charge in [-0.15, -0.1) is 0 Å². The molecule has 0 aliphatic rings. The molecule has 0 spiro atoms. The Kier molecular flexibility index (Phi) is 8.89. The summed E-state index contributed by atoms with van der Waals surface area (Å²) >= 11 is -1.84. The summed E-state index contributed by atoms with van der Waals surface area (Å²) in [5, 5.41) is 0. The molecule has 0 fully saturated rings. The lowest BCUT2D eigenvalue weighted by molar-refractivity contribution is -0.921. The summed E-state index contributed by atoms with van der Waals surface area (Å²) in [6, 6.07) is 7.04. The van der Waals surface area contributed by atoms with E-state index in [-0.39, 0.29) is 0 Å². The molecule has 0 aliphatic heterocycles. The summed E-state index contributed by atoms with van der Waals surface area (Å²) < 4.78 is 20.5. The molecule has 0 amide bonds. The second-order valence-electron chi connectivity index (χ2n) is 4.62. The van der Waals surface area contributed by atoms with Gasteiger partial charge in [0.05, 0.1) is 31.1 Å². The molecular weight excluding hydrogens is 258 g/mol. The van der Waals surface area contributed by atoms with Crippen LogP contribution < -0.4 is 0 Å². The van der Waals surface area contributed by atoms with Crippen LogP contribution in [0.15, 0.2) is 29.2 Å². The number of hydrogen-bond acceptors (Lipinski definition) is 1. The topological polar surface area (TPSA) is 37.3 Å². The van der Waals surface area contributed by atoms with Gasteiger partial charge in [0.2, 0.25) is 0 Å². The molecule has 1 unspecified atom stereocenters. The summed E-state index contributed by atoms with van der Waals surface area (Å²) in [5.74, 6) is 0. The molecule has 0 aliphatic carbocycles. The molecule has 1 atom stereocenters. The molecule has 110 valence electrons. The highest BCUT2D eigenvalue weighted by molar-refractivity contribution is 7.79. The normalized spacial score (nSPS) is 12.5. The third-order valence-corrected chi connectivity index (χ3v) is 4.80. The number of quaternary nitrogens is 1. The van der Waals surface area contributed by atoms with E-state index in [0.717, 1.165) is 5.56 Å². The predicted molar refractivity (Wildman–Crippen MR) is 82.6 cm³/mol. The maximum atomic E-state index is 10.5. The van der Waals surface area contributed by atoms with Crippen LogP contribution >= 0.6 is 0 Å². The molecule has 0 bridgehead atoms. The van der Waals surface area contributed by atoms with Gasteiger partial charge in [0, 0.05) is 0 Å². The van der Waals surface area contributed by atoms with Gasteiger partial charge in [0.25, 0.3) is 0 Å². The Morgan fingerprint density at radius 1 is 1.00 bits per heavy atom. The van der Waals surface area contributed by atoms with Crippen molar-refractivity contribution in [2.75, 3.05) is 26.2 Å². The zero-order valence-electron chi connectivity index (χ0n) is 12.8. The number of benzene rings is 1. The van der Waals surface area contributed by atoms with Crippen molar-refractivity contribution in [1.82, 2.24) is 0 Å². The lowest BCUT2D eigenvalue weighted by atomic mass is 10.2. The molecule has 0 radical (unpaired) electrons. The zero-order valence-corrected chi connectivity index (χ0v) is 13.7. The first-order chi connectivity index (χ1) is 8.96. The second kappa shape index (κ2) is 9.23. The first-order valence-corrected chi connectivity index (χ1v) is 8.08. The Hall–Kier alpha value is -0.710. The fourth-order valence-corrected chi connectivity index (χ4v) is 2.63. The zero-order chi connectivity index (χ0) is 14.9. The summed E-state index contributed by atoms with van der Waals surface area (Å²) in [5.41, 5.74) is 0.850. The van der Waals surface area contributed by atoms with Crippen LogP contribution in [0, 0.1) is 6.92 Å². The fraction of sp³-hybridized carbons (Fsp3) is 0.600. The van der Waals surface area contributed by atoms with Crippen LogP contribution in [-0.2, 0) is 11.1 Å². The van der Waals surface area contributed by atoms with Crippen molar-refractivity contribution in [3.63, 3.8) is 0 Å². The number of hydrogen-bond donors (Lipinski definition) is 1. The van der Waals surface area contributed by atoms with E-state index in [2.05, 4.69) is 27.7 Å². The third kappa shape index (κ3) is 5.85. The van der Waals surface area contributed by atoms with Crippen LogP contribution in [-0.4, -0.2) is 39.4 Å². The van der Waals surface area contributed by atoms with E-state index < -0.39 is 11.1 Å². The molecule has 19 heavy (non-hydrogen) atoms. The van der Waals surface area contributed by atoms with Gasteiger partial charge in [0.1, 0.15) is 0 Å². The van der Waals surface area contributed by atoms with Gasteiger partial charge in [-0.05, 0) is 46.2 Å². The van der Waals surface area contributed by atoms with Crippen molar-refractivity contribution in [1.29, 1.82) is 0 Å². The van der Waals surface area contributed by atoms with E-state index in [9.17, 15) is 4.21 Å². The van der Waals surface area contributed by atoms with Crippen LogP contribution in [0.2, 0.25) is 0 Å². The lowest BCUT2D eigenvalue weighted by Gasteiger charge is -2.34. The Bertz CT molecular complexity index is 372. The van der Waals surface area contributed by atoms with Crippen LogP contribution in [0.5, 0.6) is 0 Å². The summed E-state index contributed by atoms with van der Waals surface area (Å²) in [7, 11) is 0. The van der Waals surface area contributed by atoms with Crippen LogP contribution in [0.1, 0.15) is 33.3 Å². The molecule has 0 saturated carbocycles. The van der Waals surface area contributed by atoms with Crippen molar-refractivity contribution >= 4 is 11.1 Å². The largest absolute Gasteiger partial charge is 0.325 e. The van der Waals surface area contributed by atoms with E-state index in [4.69, 9.17) is 4.55 Å². The maximum Gasteiger partial charge on any atom is 0.186 e. The molecule has 0 aromatic heterocycles. The highest BCUT2D eigenvalue weighted by atomic mass is 32.2. The van der Waals surface area contributed by atoms with E-state index in [1.54, 1.807) is 12.1 Å². The highest BCUT2D eigenvalue weighted by Gasteiger charge is 2.16. The molecule has 1 aromatic rings. The molecule has 4 heteroatoms. The Labute approximate surface area is 120 Å². The van der Waals surface area contributed by atoms with Crippen molar-refractivity contribution in [3.05, 3.63) is 29.8 Å². The van der Waals surface area contributed by atoms with Gasteiger partial charge in [0.15, 0.2) is 11.1 Å². The minimum Gasteiger partial charge on any atom is -0.325 e. The molecular formula is C15H28NO2S+. The van der Waals surface area contributed by atoms with Gasteiger partial charge >= 0.3 is 0 Å². The van der Waals surface area contributed by atoms with Gasteiger partial charge in [-0.1, -0.05) is 18.2 Å². The standard InChI is InChI=1S/C8H20N.C7H8O2S/c1-5-9(6-2,7-3)8-4;1-6-4-2-3-5-7(6)10(8)9/h5-8H2,1-4H3;2-5H,1H3,(H,8,9)/q+1;. The summed E-state index contributed by atoms with van der Waals surface area (Å²) in [6.45, 7) is 16.0. The molecule has 0 saturated heterocycles. The monoisotopic (exact) mass is 286 g/mol. The lowest BCUT2D eigenvalue weighted by Crippen LogP contribution is -2.47. The van der Waals surface area contributed by atoms with E-state index in [0.29, 0.717) is 4.90 Å². The highest BCUT2D eigenvalue weighted by Crippen LogP contribution is 2.09. The van der Waals surface area contributed by atoms with E-state index >= 15 is 0 Å². The fourth-order valence-electron chi connectivity index (χ4n) is 2.09. The minimum atomic E-state index is -1.84. The molecule has 3 nitrogen and oxygen atoms in total. The minimum absolute atomic E-state index is 0.488. The molecule has 1 N–H and O–H groups in total. The molecule has 1 rings (SSSR count). The summed E-state index contributed by atoms with van der Waals surface area (Å²) in [4.78, 5) is 0.488. The van der Waals surface area contributed by atoms with Crippen molar-refractivity contribution in [3.8, 4) is 0 Å². The molecule has 0 heterocycles. The van der Waals surface area contributed by atoms with Crippen molar-refractivity contribution in [2.45, 2.75) is 39.5 Å². The smallest absolute Gasteiger partial charge is 0.186 e. The first-order valence-electron chi connectivity index (χ1n) is 6.97. The third-order valence-electron chi connectivity index (χ3n) is 3.97. The van der Waals surface area contributed by atoms with E-state index in [1.165, 1.54) is 30.7 Å². The van der Waals surface area contributed by atoms with Crippen LogP contribution in [0.25, 0.3) is 0 Å². The van der Waals surface area contributed by atoms with Gasteiger partial charge in [-0.25, -0.2) is 4.21 Å². The summed E-state index contributed by atoms with van der Waals surface area (Å²) in [6.07, 6.45) is 0. The SMILES string of the molecule is CC[N+](CC)(CC)CC.Cc1ccccc1S(=O)O. The average Bonchev–Trinajstić information content (AvgIpc) is 2.43. The quantitative estimate of drug-likeness (QED) is 0.665. The van der Waals surface area contributed by atoms with Crippen molar-refractivity contribution in [2.24, 2.45) is 0 Å².